The van der Waals surface area contributed by atoms with Gasteiger partial charge in [-0.1, -0.05) is 89.5 Å². The molecule has 2 heteroatoms. The summed E-state index contributed by atoms with van der Waals surface area (Å²) in [4.78, 5) is 0. The van der Waals surface area contributed by atoms with Crippen molar-refractivity contribution in [2.24, 2.45) is 10.8 Å². The molecule has 2 rings (SSSR count). The lowest BCUT2D eigenvalue weighted by molar-refractivity contribution is 0.693. The lowest BCUT2D eigenvalue weighted by Gasteiger charge is -2.16. The highest BCUT2D eigenvalue weighted by Crippen LogP contribution is 2.59. The topological polar surface area (TPSA) is 0 Å². The Morgan fingerprint density at radius 1 is 0.600 bits per heavy atom. The average Bonchev–Trinajstić information content (AvgIpc) is 2.91. The zero-order chi connectivity index (χ0) is 15.7. The van der Waals surface area contributed by atoms with Crippen LogP contribution in [0.1, 0.15) is 27.7 Å². The minimum absolute atomic E-state index is 0.375. The number of allylic oxidation sites excluding steroid dienone is 6. The highest BCUT2D eigenvalue weighted by atomic mass is 28.3. The van der Waals surface area contributed by atoms with Crippen LogP contribution in [0, 0.1) is 10.8 Å². The van der Waals surface area contributed by atoms with E-state index in [2.05, 4.69) is 79.1 Å². The molecular weight excluding hydrogens is 272 g/mol. The maximum absolute atomic E-state index is 2.47. The molecule has 20 heavy (non-hydrogen) atoms. The number of rotatable bonds is 4. The Morgan fingerprint density at radius 2 is 0.850 bits per heavy atom. The first kappa shape index (κ1) is 16.0. The van der Waals surface area contributed by atoms with Crippen LogP contribution in [0.25, 0.3) is 0 Å². The molecule has 0 aromatic rings. The summed E-state index contributed by atoms with van der Waals surface area (Å²) in [7, 11) is -2.28. The highest BCUT2D eigenvalue weighted by Gasteiger charge is 2.51. The fourth-order valence-corrected chi connectivity index (χ4v) is 10.7. The van der Waals surface area contributed by atoms with Crippen LogP contribution in [-0.4, -0.2) is 16.1 Å². The standard InChI is InChI=1S/C18H32Si2/c1-17(2)13(15(17)19(5,6)7)11-12-14-16(18(14,3)4)20(8,9)10/h11-12H,1-10H3/b12-11+. The van der Waals surface area contributed by atoms with Gasteiger partial charge in [-0.3, -0.25) is 0 Å². The van der Waals surface area contributed by atoms with Gasteiger partial charge in [-0.15, -0.1) is 0 Å². The summed E-state index contributed by atoms with van der Waals surface area (Å²) in [6.45, 7) is 24.4. The van der Waals surface area contributed by atoms with E-state index in [9.17, 15) is 0 Å². The highest BCUT2D eigenvalue weighted by molar-refractivity contribution is 6.85. The van der Waals surface area contributed by atoms with Crippen molar-refractivity contribution < 1.29 is 0 Å². The number of hydrogen-bond donors (Lipinski definition) is 0. The molecule has 2 aliphatic rings. The van der Waals surface area contributed by atoms with Gasteiger partial charge in [-0.2, -0.15) is 0 Å². The Kier molecular flexibility index (Phi) is 3.29. The van der Waals surface area contributed by atoms with E-state index in [1.807, 2.05) is 0 Å². The molecule has 0 radical (unpaired) electrons. The van der Waals surface area contributed by atoms with E-state index < -0.39 is 16.1 Å². The van der Waals surface area contributed by atoms with E-state index in [1.54, 1.807) is 21.5 Å². The molecule has 0 nitrogen and oxygen atoms in total. The summed E-state index contributed by atoms with van der Waals surface area (Å²) >= 11 is 0. The average molecular weight is 305 g/mol. The van der Waals surface area contributed by atoms with Gasteiger partial charge in [0.15, 0.2) is 0 Å². The van der Waals surface area contributed by atoms with Crippen LogP contribution < -0.4 is 0 Å². The van der Waals surface area contributed by atoms with Crippen LogP contribution in [-0.2, 0) is 0 Å². The van der Waals surface area contributed by atoms with E-state index in [0.717, 1.165) is 0 Å². The van der Waals surface area contributed by atoms with Gasteiger partial charge < -0.3 is 0 Å². The van der Waals surface area contributed by atoms with Crippen LogP contribution in [0.4, 0.5) is 0 Å². The summed E-state index contributed by atoms with van der Waals surface area (Å²) in [5.41, 5.74) is 4.00. The third-order valence-electron chi connectivity index (χ3n) is 4.93. The van der Waals surface area contributed by atoms with Gasteiger partial charge in [0, 0.05) is 10.8 Å². The molecule has 0 aromatic carbocycles. The van der Waals surface area contributed by atoms with Gasteiger partial charge in [0.2, 0.25) is 0 Å². The summed E-state index contributed by atoms with van der Waals surface area (Å²) in [6, 6.07) is 0. The van der Waals surface area contributed by atoms with Crippen molar-refractivity contribution in [2.45, 2.75) is 67.0 Å². The van der Waals surface area contributed by atoms with Crippen molar-refractivity contribution in [1.82, 2.24) is 0 Å². The van der Waals surface area contributed by atoms with Crippen molar-refractivity contribution in [3.05, 3.63) is 33.7 Å². The van der Waals surface area contributed by atoms with Crippen LogP contribution in [0.5, 0.6) is 0 Å². The molecule has 0 fully saturated rings. The van der Waals surface area contributed by atoms with Crippen molar-refractivity contribution in [2.75, 3.05) is 0 Å². The first-order valence-electron chi connectivity index (χ1n) is 7.91. The molecule has 0 amide bonds. The Balaban J connectivity index is 2.25. The molecule has 0 spiro atoms. The van der Waals surface area contributed by atoms with Gasteiger partial charge in [0.05, 0.1) is 16.1 Å². The molecule has 0 N–H and O–H groups in total. The van der Waals surface area contributed by atoms with E-state index in [0.29, 0.717) is 10.8 Å². The molecule has 112 valence electrons. The molecule has 0 aliphatic heterocycles. The predicted molar refractivity (Wildman–Crippen MR) is 97.4 cm³/mol. The molecule has 0 aromatic heterocycles. The maximum Gasteiger partial charge on any atom is 0.0739 e. The first-order chi connectivity index (χ1) is 8.72. The second-order valence-corrected chi connectivity index (χ2v) is 19.7. The summed E-state index contributed by atoms with van der Waals surface area (Å²) < 4.78 is 0. The minimum Gasteiger partial charge on any atom is -0.0674 e. The minimum atomic E-state index is -1.14. The predicted octanol–water partition coefficient (Wildman–Crippen LogP) is 5.97. The van der Waals surface area contributed by atoms with Crippen LogP contribution >= 0.6 is 0 Å². The smallest absolute Gasteiger partial charge is 0.0674 e. The van der Waals surface area contributed by atoms with Gasteiger partial charge >= 0.3 is 0 Å². The fraction of sp³-hybridized carbons (Fsp3) is 0.667. The van der Waals surface area contributed by atoms with Gasteiger partial charge in [0.1, 0.15) is 0 Å². The van der Waals surface area contributed by atoms with E-state index >= 15 is 0 Å². The molecular formula is C18H32Si2. The first-order valence-corrected chi connectivity index (χ1v) is 14.9. The van der Waals surface area contributed by atoms with Crippen molar-refractivity contribution >= 4 is 16.1 Å². The zero-order valence-electron chi connectivity index (χ0n) is 15.2. The van der Waals surface area contributed by atoms with Crippen molar-refractivity contribution in [1.29, 1.82) is 0 Å². The third-order valence-corrected chi connectivity index (χ3v) is 9.72. The fourth-order valence-electron chi connectivity index (χ4n) is 4.43. The molecule has 0 heterocycles. The molecule has 0 atom stereocenters. The Hall–Kier alpha value is -0.346. The molecule has 2 aliphatic carbocycles. The van der Waals surface area contributed by atoms with E-state index in [1.165, 1.54) is 0 Å². The van der Waals surface area contributed by atoms with Crippen LogP contribution in [0.2, 0.25) is 39.3 Å². The molecule has 0 saturated heterocycles. The lowest BCUT2D eigenvalue weighted by atomic mass is 10.0. The summed E-state index contributed by atoms with van der Waals surface area (Å²) in [6.07, 6.45) is 4.88. The quantitative estimate of drug-likeness (QED) is 0.561. The SMILES string of the molecule is CC1(C)C(/C=C/C2=C([Si](C)(C)C)C2(C)C)=C1[Si](C)(C)C. The van der Waals surface area contributed by atoms with E-state index in [-0.39, 0.29) is 0 Å². The second-order valence-electron chi connectivity index (χ2n) is 9.66. The molecule has 0 saturated carbocycles. The maximum atomic E-state index is 2.47. The molecule has 0 bridgehead atoms. The summed E-state index contributed by atoms with van der Waals surface area (Å²) in [5, 5.41) is 3.55. The third kappa shape index (κ3) is 2.46. The number of hydrogen-bond acceptors (Lipinski definition) is 0. The molecule has 0 unspecified atom stereocenters. The van der Waals surface area contributed by atoms with Crippen LogP contribution in [0.15, 0.2) is 33.7 Å². The van der Waals surface area contributed by atoms with E-state index in [4.69, 9.17) is 0 Å². The van der Waals surface area contributed by atoms with Gasteiger partial charge in [-0.25, -0.2) is 0 Å². The normalized spacial score (nSPS) is 24.7. The monoisotopic (exact) mass is 304 g/mol. The lowest BCUT2D eigenvalue weighted by Crippen LogP contribution is -2.22. The Bertz CT molecular complexity index is 491. The zero-order valence-corrected chi connectivity index (χ0v) is 17.2. The Labute approximate surface area is 128 Å². The van der Waals surface area contributed by atoms with Gasteiger partial charge in [0.25, 0.3) is 0 Å². The van der Waals surface area contributed by atoms with Gasteiger partial charge in [-0.05, 0) is 11.1 Å². The Morgan fingerprint density at radius 3 is 1.00 bits per heavy atom. The van der Waals surface area contributed by atoms with Crippen molar-refractivity contribution in [3.63, 3.8) is 0 Å². The second kappa shape index (κ2) is 4.10. The van der Waals surface area contributed by atoms with Crippen LogP contribution in [0.3, 0.4) is 0 Å². The summed E-state index contributed by atoms with van der Waals surface area (Å²) in [5.74, 6) is 0. The van der Waals surface area contributed by atoms with Crippen molar-refractivity contribution in [3.8, 4) is 0 Å². The largest absolute Gasteiger partial charge is 0.0739 e.